The molecule has 0 radical (unpaired) electrons. The monoisotopic (exact) mass is 431 g/mol. The molecule has 0 atom stereocenters. The fourth-order valence-electron chi connectivity index (χ4n) is 4.06. The van der Waals surface area contributed by atoms with Gasteiger partial charge < -0.3 is 14.5 Å². The maximum atomic E-state index is 12.8. The second-order valence-corrected chi connectivity index (χ2v) is 8.05. The lowest BCUT2D eigenvalue weighted by molar-refractivity contribution is 0.312. The first-order valence-electron chi connectivity index (χ1n) is 10.6. The molecule has 164 valence electrons. The fraction of sp³-hybridized carbons (Fsp3) is 0.304. The lowest BCUT2D eigenvalue weighted by atomic mass is 10.1. The van der Waals surface area contributed by atoms with Crippen LogP contribution in [0, 0.1) is 6.92 Å². The summed E-state index contributed by atoms with van der Waals surface area (Å²) in [6.07, 6.45) is 1.81. The predicted octanol–water partition coefficient (Wildman–Crippen LogP) is 2.24. The molecule has 9 heteroatoms. The molecule has 4 heterocycles. The van der Waals surface area contributed by atoms with Gasteiger partial charge >= 0.3 is 0 Å². The summed E-state index contributed by atoms with van der Waals surface area (Å²) in [5, 5.41) is 12.0. The number of para-hydroxylation sites is 1. The fourth-order valence-corrected chi connectivity index (χ4v) is 4.06. The number of rotatable bonds is 4. The van der Waals surface area contributed by atoms with Crippen LogP contribution < -0.4 is 15.2 Å². The van der Waals surface area contributed by atoms with Crippen molar-refractivity contribution in [3.8, 4) is 22.7 Å². The van der Waals surface area contributed by atoms with Gasteiger partial charge in [0.2, 0.25) is 0 Å². The number of aromatic nitrogens is 5. The number of ether oxygens (including phenoxy) is 1. The lowest BCUT2D eigenvalue weighted by Crippen LogP contribution is -2.44. The molecule has 0 aliphatic carbocycles. The van der Waals surface area contributed by atoms with Gasteiger partial charge in [-0.1, -0.05) is 12.1 Å². The van der Waals surface area contributed by atoms with Crippen molar-refractivity contribution in [1.82, 2.24) is 29.9 Å². The Morgan fingerprint density at radius 1 is 1.09 bits per heavy atom. The van der Waals surface area contributed by atoms with Crippen LogP contribution in [0.5, 0.6) is 5.75 Å². The number of fused-ring (bicyclic) bond motifs is 1. The summed E-state index contributed by atoms with van der Waals surface area (Å²) < 4.78 is 6.86. The van der Waals surface area contributed by atoms with Gasteiger partial charge in [-0.3, -0.25) is 9.89 Å². The topological polar surface area (TPSA) is 92.2 Å². The second kappa shape index (κ2) is 8.08. The molecule has 0 saturated carbocycles. The van der Waals surface area contributed by atoms with Crippen molar-refractivity contribution in [3.63, 3.8) is 0 Å². The van der Waals surface area contributed by atoms with Crippen molar-refractivity contribution in [1.29, 1.82) is 0 Å². The third-order valence-corrected chi connectivity index (χ3v) is 5.93. The first-order valence-corrected chi connectivity index (χ1v) is 10.6. The van der Waals surface area contributed by atoms with Gasteiger partial charge in [0.05, 0.1) is 12.6 Å². The molecule has 0 amide bonds. The van der Waals surface area contributed by atoms with Gasteiger partial charge in [-0.25, -0.2) is 4.98 Å². The van der Waals surface area contributed by atoms with Crippen LogP contribution in [0.3, 0.4) is 0 Å². The normalized spacial score (nSPS) is 14.8. The van der Waals surface area contributed by atoms with E-state index in [-0.39, 0.29) is 5.56 Å². The van der Waals surface area contributed by atoms with E-state index in [1.165, 1.54) is 10.7 Å². The molecule has 1 aliphatic rings. The molecule has 1 fully saturated rings. The number of aryl methyl sites for hydroxylation is 1. The summed E-state index contributed by atoms with van der Waals surface area (Å²) in [6.45, 7) is 5.89. The van der Waals surface area contributed by atoms with E-state index in [1.807, 2.05) is 43.5 Å². The minimum atomic E-state index is -0.260. The van der Waals surface area contributed by atoms with Gasteiger partial charge in [-0.05, 0) is 37.7 Å². The molecule has 1 saturated heterocycles. The number of aromatic amines is 1. The van der Waals surface area contributed by atoms with Crippen LogP contribution in [-0.2, 0) is 0 Å². The number of methoxy groups -OCH3 is 1. The number of hydrogen-bond donors (Lipinski definition) is 1. The summed E-state index contributed by atoms with van der Waals surface area (Å²) in [4.78, 5) is 22.1. The lowest BCUT2D eigenvalue weighted by Gasteiger charge is -2.33. The standard InChI is InChI=1S/C23H25N7O2/c1-15-5-4-6-18(32-3)23(15)30-20(31)13-17-22(27-30)21(26-25-17)16-7-8-19(24-14-16)29-11-9-28(2)10-12-29/h4-8,13-14,25H,9-12H2,1-3H3. The van der Waals surface area contributed by atoms with E-state index >= 15 is 0 Å². The van der Waals surface area contributed by atoms with Crippen LogP contribution in [0.2, 0.25) is 0 Å². The van der Waals surface area contributed by atoms with E-state index in [0.29, 0.717) is 28.2 Å². The number of H-pyrrole nitrogens is 1. The number of nitrogens with zero attached hydrogens (tertiary/aromatic N) is 6. The van der Waals surface area contributed by atoms with Crippen LogP contribution in [0.25, 0.3) is 28.0 Å². The zero-order valence-corrected chi connectivity index (χ0v) is 18.4. The summed E-state index contributed by atoms with van der Waals surface area (Å²) in [5.41, 5.74) is 3.92. The molecule has 0 unspecified atom stereocenters. The minimum absolute atomic E-state index is 0.260. The highest BCUT2D eigenvalue weighted by molar-refractivity contribution is 5.89. The number of piperazine rings is 1. The molecule has 32 heavy (non-hydrogen) atoms. The Kier molecular flexibility index (Phi) is 5.10. The molecular formula is C23H25N7O2. The highest BCUT2D eigenvalue weighted by atomic mass is 16.5. The molecule has 3 aromatic heterocycles. The van der Waals surface area contributed by atoms with E-state index in [4.69, 9.17) is 4.74 Å². The first kappa shape index (κ1) is 20.2. The summed E-state index contributed by atoms with van der Waals surface area (Å²) >= 11 is 0. The van der Waals surface area contributed by atoms with Crippen molar-refractivity contribution in [2.75, 3.05) is 45.2 Å². The van der Waals surface area contributed by atoms with Gasteiger partial charge in [-0.15, -0.1) is 0 Å². The highest BCUT2D eigenvalue weighted by Gasteiger charge is 2.18. The van der Waals surface area contributed by atoms with Crippen LogP contribution in [0.1, 0.15) is 5.56 Å². The maximum absolute atomic E-state index is 12.8. The van der Waals surface area contributed by atoms with Gasteiger partial charge in [0, 0.05) is 44.0 Å². The van der Waals surface area contributed by atoms with Crippen LogP contribution >= 0.6 is 0 Å². The molecule has 4 aromatic rings. The Labute approximate surface area is 185 Å². The Hall–Kier alpha value is -3.72. The minimum Gasteiger partial charge on any atom is -0.494 e. The van der Waals surface area contributed by atoms with E-state index < -0.39 is 0 Å². The third-order valence-electron chi connectivity index (χ3n) is 5.93. The van der Waals surface area contributed by atoms with Crippen molar-refractivity contribution in [2.24, 2.45) is 0 Å². The smallest absolute Gasteiger partial charge is 0.273 e. The number of pyridine rings is 1. The quantitative estimate of drug-likeness (QED) is 0.530. The molecule has 9 nitrogen and oxygen atoms in total. The first-order chi connectivity index (χ1) is 15.5. The molecule has 1 aliphatic heterocycles. The van der Waals surface area contributed by atoms with Gasteiger partial charge in [0.15, 0.2) is 0 Å². The molecule has 1 N–H and O–H groups in total. The second-order valence-electron chi connectivity index (χ2n) is 8.05. The summed E-state index contributed by atoms with van der Waals surface area (Å²) in [5.74, 6) is 1.54. The number of benzene rings is 1. The van der Waals surface area contributed by atoms with E-state index in [2.05, 4.69) is 37.1 Å². The Balaban J connectivity index is 1.55. The van der Waals surface area contributed by atoms with E-state index in [0.717, 1.165) is 43.1 Å². The number of nitrogens with one attached hydrogen (secondary N) is 1. The van der Waals surface area contributed by atoms with Gasteiger partial charge in [0.25, 0.3) is 5.56 Å². The van der Waals surface area contributed by atoms with Crippen LogP contribution in [0.4, 0.5) is 5.82 Å². The maximum Gasteiger partial charge on any atom is 0.273 e. The van der Waals surface area contributed by atoms with Crippen molar-refractivity contribution >= 4 is 16.9 Å². The Bertz CT molecular complexity index is 1320. The molecular weight excluding hydrogens is 406 g/mol. The van der Waals surface area contributed by atoms with Crippen LogP contribution in [0.15, 0.2) is 47.4 Å². The average molecular weight is 432 g/mol. The largest absolute Gasteiger partial charge is 0.494 e. The zero-order valence-electron chi connectivity index (χ0n) is 18.4. The number of hydrogen-bond acceptors (Lipinski definition) is 7. The molecule has 0 spiro atoms. The SMILES string of the molecule is COc1cccc(C)c1-n1nc2c(-c3ccc(N4CCN(C)CC4)nc3)n[nH]c2cc1=O. The number of likely N-dealkylation sites (N-methyl/N-ethyl adjacent to an activating group) is 1. The van der Waals surface area contributed by atoms with Gasteiger partial charge in [-0.2, -0.15) is 14.9 Å². The van der Waals surface area contributed by atoms with Gasteiger partial charge in [0.1, 0.15) is 28.5 Å². The van der Waals surface area contributed by atoms with E-state index in [1.54, 1.807) is 7.11 Å². The number of anilines is 1. The van der Waals surface area contributed by atoms with E-state index in [9.17, 15) is 4.79 Å². The average Bonchev–Trinajstić information content (AvgIpc) is 3.21. The van der Waals surface area contributed by atoms with Crippen molar-refractivity contribution < 1.29 is 4.74 Å². The Morgan fingerprint density at radius 2 is 1.91 bits per heavy atom. The Morgan fingerprint density at radius 3 is 2.62 bits per heavy atom. The predicted molar refractivity (Wildman–Crippen MR) is 124 cm³/mol. The third kappa shape index (κ3) is 3.50. The van der Waals surface area contributed by atoms with Crippen LogP contribution in [-0.4, -0.2) is 70.2 Å². The molecule has 1 aromatic carbocycles. The highest BCUT2D eigenvalue weighted by Crippen LogP contribution is 2.28. The zero-order chi connectivity index (χ0) is 22.2. The van der Waals surface area contributed by atoms with Crippen molar-refractivity contribution in [2.45, 2.75) is 6.92 Å². The summed E-state index contributed by atoms with van der Waals surface area (Å²) in [6, 6.07) is 11.2. The summed E-state index contributed by atoms with van der Waals surface area (Å²) in [7, 11) is 3.72. The molecule has 0 bridgehead atoms. The molecule has 5 rings (SSSR count). The van der Waals surface area contributed by atoms with Crippen molar-refractivity contribution in [3.05, 3.63) is 58.5 Å².